The van der Waals surface area contributed by atoms with Crippen LogP contribution in [0.25, 0.3) is 10.2 Å². The van der Waals surface area contributed by atoms with Gasteiger partial charge in [0.1, 0.15) is 11.5 Å². The van der Waals surface area contributed by atoms with Gasteiger partial charge in [-0.25, -0.2) is 4.98 Å². The summed E-state index contributed by atoms with van der Waals surface area (Å²) < 4.78 is 6.75. The van der Waals surface area contributed by atoms with Crippen LogP contribution in [0.3, 0.4) is 0 Å². The van der Waals surface area contributed by atoms with E-state index in [4.69, 9.17) is 9.84 Å². The Morgan fingerprint density at radius 1 is 1.00 bits per heavy atom. The minimum Gasteiger partial charge on any atom is -0.492 e. The van der Waals surface area contributed by atoms with Gasteiger partial charge in [-0.3, -0.25) is 4.79 Å². The molecular formula is C26H22N4O2S. The molecule has 0 fully saturated rings. The van der Waals surface area contributed by atoms with E-state index in [1.54, 1.807) is 0 Å². The molecule has 3 aromatic carbocycles. The van der Waals surface area contributed by atoms with Gasteiger partial charge in [0.25, 0.3) is 5.91 Å². The van der Waals surface area contributed by atoms with E-state index in [2.05, 4.69) is 10.3 Å². The van der Waals surface area contributed by atoms with Crippen LogP contribution in [0, 0.1) is 0 Å². The van der Waals surface area contributed by atoms with Gasteiger partial charge in [0.15, 0.2) is 0 Å². The number of ether oxygens (including phenoxy) is 1. The molecule has 0 atom stereocenters. The maximum absolute atomic E-state index is 13.7. The number of allylic oxidation sites excluding steroid dienone is 1. The summed E-state index contributed by atoms with van der Waals surface area (Å²) >= 11 is 1.45. The van der Waals surface area contributed by atoms with Crippen molar-refractivity contribution in [2.75, 3.05) is 16.9 Å². The number of anilines is 2. The summed E-state index contributed by atoms with van der Waals surface area (Å²) in [5, 5.41) is 10.1. The average Bonchev–Trinajstić information content (AvgIpc) is 3.42. The SMILES string of the molecule is CCOc1ccccc1N/C(C)=C1\C(=O)N(c2nc3ccccc3s2)N=C1c1ccccc1. The largest absolute Gasteiger partial charge is 0.492 e. The van der Waals surface area contributed by atoms with Crippen LogP contribution in [0.4, 0.5) is 10.8 Å². The average molecular weight is 455 g/mol. The fourth-order valence-corrected chi connectivity index (χ4v) is 4.65. The molecule has 1 aliphatic heterocycles. The number of fused-ring (bicyclic) bond motifs is 1. The molecule has 5 rings (SSSR count). The fourth-order valence-electron chi connectivity index (χ4n) is 3.73. The quantitative estimate of drug-likeness (QED) is 0.372. The number of hydrogen-bond acceptors (Lipinski definition) is 6. The molecule has 0 aliphatic carbocycles. The van der Waals surface area contributed by atoms with Crippen LogP contribution in [-0.2, 0) is 4.79 Å². The van der Waals surface area contributed by atoms with Crippen LogP contribution in [0.2, 0.25) is 0 Å². The number of amides is 1. The second-order valence-corrected chi connectivity index (χ2v) is 8.46. The van der Waals surface area contributed by atoms with Crippen molar-refractivity contribution in [1.82, 2.24) is 4.98 Å². The first-order chi connectivity index (χ1) is 16.2. The van der Waals surface area contributed by atoms with Crippen molar-refractivity contribution in [3.8, 4) is 5.75 Å². The first-order valence-electron chi connectivity index (χ1n) is 10.7. The van der Waals surface area contributed by atoms with E-state index >= 15 is 0 Å². The molecule has 1 aromatic heterocycles. The molecule has 6 nitrogen and oxygen atoms in total. The number of nitrogens with one attached hydrogen (secondary N) is 1. The monoisotopic (exact) mass is 454 g/mol. The van der Waals surface area contributed by atoms with Gasteiger partial charge in [-0.05, 0) is 38.1 Å². The predicted octanol–water partition coefficient (Wildman–Crippen LogP) is 5.83. The van der Waals surface area contributed by atoms with Crippen LogP contribution in [0.5, 0.6) is 5.75 Å². The van der Waals surface area contributed by atoms with Gasteiger partial charge < -0.3 is 10.1 Å². The van der Waals surface area contributed by atoms with Gasteiger partial charge >= 0.3 is 0 Å². The van der Waals surface area contributed by atoms with Crippen LogP contribution >= 0.6 is 11.3 Å². The lowest BCUT2D eigenvalue weighted by Gasteiger charge is -2.15. The predicted molar refractivity (Wildman–Crippen MR) is 134 cm³/mol. The molecule has 4 aromatic rings. The second-order valence-electron chi connectivity index (χ2n) is 7.45. The fraction of sp³-hybridized carbons (Fsp3) is 0.115. The van der Waals surface area contributed by atoms with Crippen molar-refractivity contribution >= 4 is 44.0 Å². The number of carbonyl (C=O) groups excluding carboxylic acids is 1. The summed E-state index contributed by atoms with van der Waals surface area (Å²) in [6.45, 7) is 4.38. The van der Waals surface area contributed by atoms with Gasteiger partial charge in [0, 0.05) is 11.3 Å². The number of nitrogens with zero attached hydrogens (tertiary/aromatic N) is 3. The number of para-hydroxylation sites is 3. The van der Waals surface area contributed by atoms with E-state index in [1.165, 1.54) is 16.3 Å². The smallest absolute Gasteiger partial charge is 0.284 e. The van der Waals surface area contributed by atoms with Crippen molar-refractivity contribution in [2.24, 2.45) is 5.10 Å². The number of benzene rings is 3. The number of carbonyl (C=O) groups is 1. The van der Waals surface area contributed by atoms with E-state index in [0.29, 0.717) is 28.7 Å². The number of hydrogen-bond donors (Lipinski definition) is 1. The van der Waals surface area contributed by atoms with Crippen LogP contribution in [0.1, 0.15) is 19.4 Å². The Hall–Kier alpha value is -3.97. The summed E-state index contributed by atoms with van der Waals surface area (Å²) in [4.78, 5) is 18.3. The highest BCUT2D eigenvalue weighted by Gasteiger charge is 2.35. The molecule has 33 heavy (non-hydrogen) atoms. The molecule has 0 unspecified atom stereocenters. The van der Waals surface area contributed by atoms with Gasteiger partial charge in [0.2, 0.25) is 5.13 Å². The lowest BCUT2D eigenvalue weighted by atomic mass is 10.0. The summed E-state index contributed by atoms with van der Waals surface area (Å²) in [5.41, 5.74) is 4.32. The normalized spacial score (nSPS) is 15.0. The van der Waals surface area contributed by atoms with E-state index in [1.807, 2.05) is 92.7 Å². The zero-order chi connectivity index (χ0) is 22.8. The molecule has 0 saturated heterocycles. The topological polar surface area (TPSA) is 66.8 Å². The second kappa shape index (κ2) is 8.88. The summed E-state index contributed by atoms with van der Waals surface area (Å²) in [6.07, 6.45) is 0. The maximum Gasteiger partial charge on any atom is 0.284 e. The Labute approximate surface area is 195 Å². The van der Waals surface area contributed by atoms with E-state index in [9.17, 15) is 4.79 Å². The molecule has 0 spiro atoms. The summed E-state index contributed by atoms with van der Waals surface area (Å²) in [5.74, 6) is 0.512. The first-order valence-corrected chi connectivity index (χ1v) is 11.5. The molecule has 1 amide bonds. The van der Waals surface area contributed by atoms with Crippen molar-refractivity contribution in [1.29, 1.82) is 0 Å². The van der Waals surface area contributed by atoms with Gasteiger partial charge in [-0.1, -0.05) is 65.9 Å². The lowest BCUT2D eigenvalue weighted by molar-refractivity contribution is -0.114. The van der Waals surface area contributed by atoms with Gasteiger partial charge in [-0.15, -0.1) is 0 Å². The highest BCUT2D eigenvalue weighted by Crippen LogP contribution is 2.34. The molecular weight excluding hydrogens is 432 g/mol. The van der Waals surface area contributed by atoms with Crippen LogP contribution in [0.15, 0.2) is 95.2 Å². The number of thiazole rings is 1. The Kier molecular flexibility index (Phi) is 5.62. The molecule has 2 heterocycles. The first kappa shape index (κ1) is 20.9. The minimum absolute atomic E-state index is 0.216. The minimum atomic E-state index is -0.216. The number of hydrazone groups is 1. The molecule has 0 bridgehead atoms. The van der Waals surface area contributed by atoms with E-state index < -0.39 is 0 Å². The standard InChI is InChI=1S/C26H22N4O2S/c1-3-32-21-15-9-7-13-19(21)27-17(2)23-24(18-11-5-4-6-12-18)29-30(25(23)31)26-28-20-14-8-10-16-22(20)33-26/h4-16,27H,3H2,1-2H3/b23-17-. The van der Waals surface area contributed by atoms with E-state index in [0.717, 1.165) is 27.2 Å². The molecule has 0 saturated carbocycles. The highest BCUT2D eigenvalue weighted by atomic mass is 32.1. The van der Waals surface area contributed by atoms with Crippen LogP contribution in [-0.4, -0.2) is 23.2 Å². The Balaban J connectivity index is 1.59. The maximum atomic E-state index is 13.7. The zero-order valence-corrected chi connectivity index (χ0v) is 19.1. The molecule has 1 N–H and O–H groups in total. The van der Waals surface area contributed by atoms with Gasteiger partial charge in [-0.2, -0.15) is 10.1 Å². The summed E-state index contributed by atoms with van der Waals surface area (Å²) in [7, 11) is 0. The summed E-state index contributed by atoms with van der Waals surface area (Å²) in [6, 6.07) is 25.2. The van der Waals surface area contributed by atoms with Crippen molar-refractivity contribution in [2.45, 2.75) is 13.8 Å². The molecule has 1 aliphatic rings. The van der Waals surface area contributed by atoms with Crippen LogP contribution < -0.4 is 15.1 Å². The van der Waals surface area contributed by atoms with Crippen molar-refractivity contribution in [3.63, 3.8) is 0 Å². The molecule has 164 valence electrons. The third-order valence-electron chi connectivity index (χ3n) is 5.24. The number of rotatable bonds is 6. The molecule has 0 radical (unpaired) electrons. The zero-order valence-electron chi connectivity index (χ0n) is 18.3. The van der Waals surface area contributed by atoms with Crippen molar-refractivity contribution < 1.29 is 9.53 Å². The van der Waals surface area contributed by atoms with E-state index in [-0.39, 0.29) is 5.91 Å². The Morgan fingerprint density at radius 2 is 1.73 bits per heavy atom. The Bertz CT molecular complexity index is 1360. The van der Waals surface area contributed by atoms with Crippen molar-refractivity contribution in [3.05, 3.63) is 95.7 Å². The molecule has 7 heteroatoms. The Morgan fingerprint density at radius 3 is 2.52 bits per heavy atom. The lowest BCUT2D eigenvalue weighted by Crippen LogP contribution is -2.23. The third-order valence-corrected chi connectivity index (χ3v) is 6.25. The van der Waals surface area contributed by atoms with Gasteiger partial charge in [0.05, 0.1) is 28.1 Å². The highest BCUT2D eigenvalue weighted by molar-refractivity contribution is 7.22. The number of aromatic nitrogens is 1. The third kappa shape index (κ3) is 3.99.